The summed E-state index contributed by atoms with van der Waals surface area (Å²) >= 11 is 0. The molecular formula is C12H20N2. The molecule has 0 aliphatic rings. The van der Waals surface area contributed by atoms with Gasteiger partial charge in [-0.25, -0.2) is 0 Å². The van der Waals surface area contributed by atoms with Gasteiger partial charge in [0.2, 0.25) is 0 Å². The van der Waals surface area contributed by atoms with Gasteiger partial charge in [0.15, 0.2) is 0 Å². The van der Waals surface area contributed by atoms with E-state index in [-0.39, 0.29) is 0 Å². The van der Waals surface area contributed by atoms with Crippen LogP contribution in [0.25, 0.3) is 0 Å². The Bertz CT molecular complexity index is 254. The molecule has 0 aromatic heterocycles. The van der Waals surface area contributed by atoms with Crippen molar-refractivity contribution in [1.29, 1.82) is 0 Å². The second-order valence-electron chi connectivity index (χ2n) is 3.71. The van der Waals surface area contributed by atoms with Gasteiger partial charge in [-0.05, 0) is 39.1 Å². The first-order valence-electron chi connectivity index (χ1n) is 5.16. The van der Waals surface area contributed by atoms with E-state index in [1.165, 1.54) is 17.7 Å². The number of rotatable bonds is 5. The minimum absolute atomic E-state index is 1.08. The van der Waals surface area contributed by atoms with E-state index in [0.717, 1.165) is 13.1 Å². The third-order valence-electron chi connectivity index (χ3n) is 2.40. The van der Waals surface area contributed by atoms with Crippen LogP contribution < -0.4 is 10.2 Å². The Kier molecular flexibility index (Phi) is 4.47. The third-order valence-corrected chi connectivity index (χ3v) is 2.40. The van der Waals surface area contributed by atoms with Gasteiger partial charge in [0, 0.05) is 19.3 Å². The first-order valence-corrected chi connectivity index (χ1v) is 5.16. The first-order chi connectivity index (χ1) is 6.74. The summed E-state index contributed by atoms with van der Waals surface area (Å²) in [4.78, 5) is 2.29. The number of aryl methyl sites for hydroxylation is 1. The maximum absolute atomic E-state index is 3.16. The molecule has 2 heteroatoms. The molecule has 1 aromatic rings. The molecule has 0 fully saturated rings. The highest BCUT2D eigenvalue weighted by molar-refractivity contribution is 5.46. The van der Waals surface area contributed by atoms with Crippen molar-refractivity contribution >= 4 is 5.69 Å². The topological polar surface area (TPSA) is 15.3 Å². The van der Waals surface area contributed by atoms with E-state index in [0.29, 0.717) is 0 Å². The molecule has 0 amide bonds. The predicted octanol–water partition coefficient (Wildman–Crippen LogP) is 2.04. The molecule has 1 rings (SSSR count). The van der Waals surface area contributed by atoms with Crippen LogP contribution in [0.15, 0.2) is 24.3 Å². The molecule has 0 aliphatic heterocycles. The van der Waals surface area contributed by atoms with Gasteiger partial charge < -0.3 is 10.2 Å². The van der Waals surface area contributed by atoms with Crippen LogP contribution in [0.5, 0.6) is 0 Å². The van der Waals surface area contributed by atoms with Crippen molar-refractivity contribution in [3.8, 4) is 0 Å². The Morgan fingerprint density at radius 3 is 2.43 bits per heavy atom. The molecular weight excluding hydrogens is 172 g/mol. The standard InChI is InChI=1S/C12H20N2/c1-11-5-7-12(8-6-11)14(3)10-4-9-13-2/h5-8,13H,4,9-10H2,1-3H3. The van der Waals surface area contributed by atoms with Crippen LogP contribution in [0.1, 0.15) is 12.0 Å². The lowest BCUT2D eigenvalue weighted by Crippen LogP contribution is -2.22. The molecule has 0 heterocycles. The van der Waals surface area contributed by atoms with Crippen molar-refractivity contribution in [2.45, 2.75) is 13.3 Å². The van der Waals surface area contributed by atoms with Crippen LogP contribution in [0, 0.1) is 6.92 Å². The van der Waals surface area contributed by atoms with E-state index in [4.69, 9.17) is 0 Å². The summed E-state index contributed by atoms with van der Waals surface area (Å²) in [5, 5.41) is 3.16. The smallest absolute Gasteiger partial charge is 0.0363 e. The molecule has 0 unspecified atom stereocenters. The fraction of sp³-hybridized carbons (Fsp3) is 0.500. The largest absolute Gasteiger partial charge is 0.375 e. The van der Waals surface area contributed by atoms with Gasteiger partial charge in [0.1, 0.15) is 0 Å². The Morgan fingerprint density at radius 2 is 1.86 bits per heavy atom. The number of nitrogens with one attached hydrogen (secondary N) is 1. The Balaban J connectivity index is 2.43. The summed E-state index contributed by atoms with van der Waals surface area (Å²) in [5.74, 6) is 0. The number of nitrogens with zero attached hydrogens (tertiary/aromatic N) is 1. The van der Waals surface area contributed by atoms with Crippen LogP contribution in [-0.2, 0) is 0 Å². The molecule has 0 aliphatic carbocycles. The second kappa shape index (κ2) is 5.66. The molecule has 0 saturated heterocycles. The summed E-state index contributed by atoms with van der Waals surface area (Å²) in [6, 6.07) is 8.66. The highest BCUT2D eigenvalue weighted by Gasteiger charge is 1.98. The molecule has 1 aromatic carbocycles. The Hall–Kier alpha value is -1.02. The van der Waals surface area contributed by atoms with E-state index < -0.39 is 0 Å². The fourth-order valence-electron chi connectivity index (χ4n) is 1.42. The van der Waals surface area contributed by atoms with Gasteiger partial charge in [0.25, 0.3) is 0 Å². The number of benzene rings is 1. The van der Waals surface area contributed by atoms with E-state index in [1.54, 1.807) is 0 Å². The lowest BCUT2D eigenvalue weighted by atomic mass is 10.2. The molecule has 0 bridgehead atoms. The first kappa shape index (κ1) is 11.1. The minimum Gasteiger partial charge on any atom is -0.375 e. The van der Waals surface area contributed by atoms with Crippen LogP contribution >= 0.6 is 0 Å². The summed E-state index contributed by atoms with van der Waals surface area (Å²) in [6.07, 6.45) is 1.18. The van der Waals surface area contributed by atoms with E-state index in [9.17, 15) is 0 Å². The zero-order chi connectivity index (χ0) is 10.4. The molecule has 1 N–H and O–H groups in total. The normalized spacial score (nSPS) is 10.2. The van der Waals surface area contributed by atoms with Crippen LogP contribution in [-0.4, -0.2) is 27.2 Å². The van der Waals surface area contributed by atoms with Gasteiger partial charge in [0.05, 0.1) is 0 Å². The molecule has 2 nitrogen and oxygen atoms in total. The monoisotopic (exact) mass is 192 g/mol. The second-order valence-corrected chi connectivity index (χ2v) is 3.71. The summed E-state index contributed by atoms with van der Waals surface area (Å²) < 4.78 is 0. The van der Waals surface area contributed by atoms with Crippen molar-refractivity contribution in [1.82, 2.24) is 5.32 Å². The molecule has 0 radical (unpaired) electrons. The SMILES string of the molecule is CNCCCN(C)c1ccc(C)cc1. The van der Waals surface area contributed by atoms with Crippen molar-refractivity contribution in [3.05, 3.63) is 29.8 Å². The van der Waals surface area contributed by atoms with Gasteiger partial charge in [-0.15, -0.1) is 0 Å². The van der Waals surface area contributed by atoms with Crippen molar-refractivity contribution in [3.63, 3.8) is 0 Å². The lowest BCUT2D eigenvalue weighted by Gasteiger charge is -2.19. The zero-order valence-corrected chi connectivity index (χ0v) is 9.38. The summed E-state index contributed by atoms with van der Waals surface area (Å²) in [7, 11) is 4.13. The molecule has 78 valence electrons. The highest BCUT2D eigenvalue weighted by atomic mass is 15.1. The van der Waals surface area contributed by atoms with Crippen molar-refractivity contribution in [2.75, 3.05) is 32.1 Å². The number of hydrogen-bond acceptors (Lipinski definition) is 2. The quantitative estimate of drug-likeness (QED) is 0.718. The number of hydrogen-bond donors (Lipinski definition) is 1. The van der Waals surface area contributed by atoms with Crippen LogP contribution in [0.2, 0.25) is 0 Å². The zero-order valence-electron chi connectivity index (χ0n) is 9.38. The maximum Gasteiger partial charge on any atom is 0.0363 e. The fourth-order valence-corrected chi connectivity index (χ4v) is 1.42. The summed E-state index contributed by atoms with van der Waals surface area (Å²) in [5.41, 5.74) is 2.61. The highest BCUT2D eigenvalue weighted by Crippen LogP contribution is 2.13. The molecule has 0 atom stereocenters. The van der Waals surface area contributed by atoms with Crippen molar-refractivity contribution in [2.24, 2.45) is 0 Å². The van der Waals surface area contributed by atoms with Gasteiger partial charge >= 0.3 is 0 Å². The van der Waals surface area contributed by atoms with Crippen LogP contribution in [0.4, 0.5) is 5.69 Å². The van der Waals surface area contributed by atoms with Gasteiger partial charge in [-0.2, -0.15) is 0 Å². The lowest BCUT2D eigenvalue weighted by molar-refractivity contribution is 0.713. The average molecular weight is 192 g/mol. The maximum atomic E-state index is 3.16. The Morgan fingerprint density at radius 1 is 1.21 bits per heavy atom. The number of anilines is 1. The molecule has 0 spiro atoms. The van der Waals surface area contributed by atoms with Gasteiger partial charge in [-0.3, -0.25) is 0 Å². The van der Waals surface area contributed by atoms with E-state index in [2.05, 4.69) is 48.5 Å². The minimum atomic E-state index is 1.08. The third kappa shape index (κ3) is 3.38. The summed E-state index contributed by atoms with van der Waals surface area (Å²) in [6.45, 7) is 4.30. The van der Waals surface area contributed by atoms with E-state index in [1.807, 2.05) is 7.05 Å². The predicted molar refractivity (Wildman–Crippen MR) is 63.0 cm³/mol. The van der Waals surface area contributed by atoms with Crippen molar-refractivity contribution < 1.29 is 0 Å². The molecule has 0 saturated carbocycles. The van der Waals surface area contributed by atoms with Gasteiger partial charge in [-0.1, -0.05) is 17.7 Å². The molecule has 14 heavy (non-hydrogen) atoms. The van der Waals surface area contributed by atoms with Crippen LogP contribution in [0.3, 0.4) is 0 Å². The Labute approximate surface area is 86.9 Å². The van der Waals surface area contributed by atoms with E-state index >= 15 is 0 Å². The average Bonchev–Trinajstić information content (AvgIpc) is 2.19.